The molecule has 7 heteroatoms. The number of nitrogens with one attached hydrogen (secondary N) is 1. The number of nitrogens with zero attached hydrogens (tertiary/aromatic N) is 3. The van der Waals surface area contributed by atoms with E-state index in [0.717, 1.165) is 12.8 Å². The van der Waals surface area contributed by atoms with E-state index in [4.69, 9.17) is 0 Å². The molecule has 0 aliphatic heterocycles. The first-order valence-electron chi connectivity index (χ1n) is 6.89. The number of aromatic nitrogens is 3. The maximum absolute atomic E-state index is 12.4. The van der Waals surface area contributed by atoms with Crippen LogP contribution in [-0.4, -0.2) is 37.1 Å². The molecule has 0 aromatic carbocycles. The Morgan fingerprint density at radius 3 is 2.67 bits per heavy atom. The van der Waals surface area contributed by atoms with Crippen LogP contribution in [0.5, 0.6) is 0 Å². The molecule has 1 aliphatic carbocycles. The van der Waals surface area contributed by atoms with Crippen LogP contribution in [0.2, 0.25) is 0 Å². The zero-order chi connectivity index (χ0) is 15.0. The topological polar surface area (TPSA) is 96.6 Å². The van der Waals surface area contributed by atoms with Crippen molar-refractivity contribution in [1.82, 2.24) is 19.9 Å². The Bertz CT molecular complexity index is 716. The average molecular weight is 288 g/mol. The summed E-state index contributed by atoms with van der Waals surface area (Å²) in [5.41, 5.74) is -0.0790. The zero-order valence-corrected chi connectivity index (χ0v) is 11.7. The molecule has 1 aliphatic rings. The fourth-order valence-electron chi connectivity index (χ4n) is 2.80. The highest BCUT2D eigenvalue weighted by atomic mass is 16.4. The third-order valence-electron chi connectivity index (χ3n) is 4.05. The number of carbonyl (C=O) groups excluding carboxylic acids is 1. The highest BCUT2D eigenvalue weighted by Crippen LogP contribution is 2.30. The average Bonchev–Trinajstić information content (AvgIpc) is 3.07. The van der Waals surface area contributed by atoms with Gasteiger partial charge in [-0.2, -0.15) is 0 Å². The molecule has 1 amide bonds. The Labute approximate surface area is 121 Å². The second-order valence-corrected chi connectivity index (χ2v) is 5.44. The minimum absolute atomic E-state index is 0.380. The summed E-state index contributed by atoms with van der Waals surface area (Å²) in [6, 6.07) is 3.32. The van der Waals surface area contributed by atoms with Gasteiger partial charge in [-0.05, 0) is 31.9 Å². The summed E-state index contributed by atoms with van der Waals surface area (Å²) in [4.78, 5) is 23.8. The molecule has 2 heterocycles. The van der Waals surface area contributed by atoms with Crippen LogP contribution in [0, 0.1) is 6.92 Å². The second-order valence-electron chi connectivity index (χ2n) is 5.44. The number of carbonyl (C=O) groups is 2. The van der Waals surface area contributed by atoms with Gasteiger partial charge in [-0.25, -0.2) is 4.79 Å². The smallest absolute Gasteiger partial charge is 0.329 e. The molecule has 7 nitrogen and oxygen atoms in total. The fraction of sp³-hybridized carbons (Fsp3) is 0.429. The van der Waals surface area contributed by atoms with Gasteiger partial charge in [0.2, 0.25) is 0 Å². The molecule has 0 radical (unpaired) electrons. The van der Waals surface area contributed by atoms with Crippen molar-refractivity contribution in [1.29, 1.82) is 0 Å². The first-order valence-corrected chi connectivity index (χ1v) is 6.89. The van der Waals surface area contributed by atoms with Gasteiger partial charge in [-0.15, -0.1) is 10.2 Å². The molecule has 0 spiro atoms. The predicted octanol–water partition coefficient (Wildman–Crippen LogP) is 1.16. The van der Waals surface area contributed by atoms with Gasteiger partial charge in [0.05, 0.1) is 5.56 Å². The first kappa shape index (κ1) is 13.5. The molecule has 2 N–H and O–H groups in total. The van der Waals surface area contributed by atoms with Crippen molar-refractivity contribution < 1.29 is 14.7 Å². The standard InChI is InChI=1S/C14H16N4O3/c1-9-16-17-11-5-4-10(8-18(9)11)12(19)15-14(13(20)21)6-2-3-7-14/h4-5,8H,2-3,6-7H2,1H3,(H,15,19)(H,20,21). The summed E-state index contributed by atoms with van der Waals surface area (Å²) in [7, 11) is 0. The number of pyridine rings is 1. The van der Waals surface area contributed by atoms with Crippen molar-refractivity contribution in [2.24, 2.45) is 0 Å². The van der Waals surface area contributed by atoms with Gasteiger partial charge in [0, 0.05) is 6.20 Å². The zero-order valence-electron chi connectivity index (χ0n) is 11.7. The molecule has 110 valence electrons. The van der Waals surface area contributed by atoms with E-state index in [-0.39, 0.29) is 5.91 Å². The molecule has 0 saturated heterocycles. The maximum atomic E-state index is 12.4. The number of aliphatic carboxylic acids is 1. The highest BCUT2D eigenvalue weighted by Gasteiger charge is 2.42. The molecule has 1 fully saturated rings. The van der Waals surface area contributed by atoms with E-state index < -0.39 is 11.5 Å². The van der Waals surface area contributed by atoms with Crippen LogP contribution >= 0.6 is 0 Å². The highest BCUT2D eigenvalue weighted by molar-refractivity contribution is 5.98. The molecule has 2 aromatic heterocycles. The van der Waals surface area contributed by atoms with E-state index in [1.165, 1.54) is 0 Å². The van der Waals surface area contributed by atoms with Crippen molar-refractivity contribution in [3.05, 3.63) is 29.7 Å². The van der Waals surface area contributed by atoms with E-state index in [1.807, 2.05) is 0 Å². The maximum Gasteiger partial charge on any atom is 0.329 e. The summed E-state index contributed by atoms with van der Waals surface area (Å²) in [5.74, 6) is -0.669. The number of hydrogen-bond donors (Lipinski definition) is 2. The minimum atomic E-state index is -1.13. The Kier molecular flexibility index (Phi) is 3.12. The van der Waals surface area contributed by atoms with Crippen LogP contribution in [0.15, 0.2) is 18.3 Å². The molecule has 0 bridgehead atoms. The fourth-order valence-corrected chi connectivity index (χ4v) is 2.80. The van der Waals surface area contributed by atoms with Gasteiger partial charge in [-0.1, -0.05) is 12.8 Å². The van der Waals surface area contributed by atoms with Crippen LogP contribution in [-0.2, 0) is 4.79 Å². The van der Waals surface area contributed by atoms with Crippen LogP contribution in [0.25, 0.3) is 5.65 Å². The first-order chi connectivity index (χ1) is 10.0. The van der Waals surface area contributed by atoms with Gasteiger partial charge in [0.25, 0.3) is 5.91 Å². The van der Waals surface area contributed by atoms with Gasteiger partial charge in [0.1, 0.15) is 11.4 Å². The molecule has 21 heavy (non-hydrogen) atoms. The van der Waals surface area contributed by atoms with Crippen LogP contribution in [0.3, 0.4) is 0 Å². The van der Waals surface area contributed by atoms with Crippen molar-refractivity contribution in [3.63, 3.8) is 0 Å². The van der Waals surface area contributed by atoms with Crippen molar-refractivity contribution in [2.45, 2.75) is 38.1 Å². The molecule has 0 atom stereocenters. The molecule has 0 unspecified atom stereocenters. The summed E-state index contributed by atoms with van der Waals surface area (Å²) < 4.78 is 1.71. The van der Waals surface area contributed by atoms with Gasteiger partial charge < -0.3 is 10.4 Å². The minimum Gasteiger partial charge on any atom is -0.480 e. The Balaban J connectivity index is 1.89. The SMILES string of the molecule is Cc1nnc2ccc(C(=O)NC3(C(=O)O)CCCC3)cn12. The van der Waals surface area contributed by atoms with Gasteiger partial charge in [0.15, 0.2) is 5.65 Å². The quantitative estimate of drug-likeness (QED) is 0.883. The Morgan fingerprint density at radius 1 is 1.29 bits per heavy atom. The monoisotopic (exact) mass is 288 g/mol. The summed E-state index contributed by atoms with van der Waals surface area (Å²) in [6.07, 6.45) is 4.21. The predicted molar refractivity (Wildman–Crippen MR) is 74.0 cm³/mol. The lowest BCUT2D eigenvalue weighted by Crippen LogP contribution is -2.52. The molecule has 2 aromatic rings. The number of rotatable bonds is 3. The number of carboxylic acids is 1. The summed E-state index contributed by atoms with van der Waals surface area (Å²) in [5, 5.41) is 20.0. The van der Waals surface area contributed by atoms with Crippen LogP contribution < -0.4 is 5.32 Å². The normalized spacial score (nSPS) is 17.0. The van der Waals surface area contributed by atoms with E-state index in [2.05, 4.69) is 15.5 Å². The largest absolute Gasteiger partial charge is 0.480 e. The lowest BCUT2D eigenvalue weighted by Gasteiger charge is -2.25. The number of amides is 1. The molecular weight excluding hydrogens is 272 g/mol. The van der Waals surface area contributed by atoms with Crippen LogP contribution in [0.4, 0.5) is 0 Å². The van der Waals surface area contributed by atoms with Gasteiger partial charge in [-0.3, -0.25) is 9.20 Å². The van der Waals surface area contributed by atoms with Crippen LogP contribution in [0.1, 0.15) is 41.9 Å². The third-order valence-corrected chi connectivity index (χ3v) is 4.05. The van der Waals surface area contributed by atoms with Crippen molar-refractivity contribution in [3.8, 4) is 0 Å². The van der Waals surface area contributed by atoms with Crippen molar-refractivity contribution >= 4 is 17.5 Å². The van der Waals surface area contributed by atoms with E-state index in [0.29, 0.717) is 29.9 Å². The lowest BCUT2D eigenvalue weighted by atomic mass is 9.97. The Morgan fingerprint density at radius 2 is 2.00 bits per heavy atom. The van der Waals surface area contributed by atoms with Crippen molar-refractivity contribution in [2.75, 3.05) is 0 Å². The van der Waals surface area contributed by atoms with E-state index in [9.17, 15) is 14.7 Å². The Hall–Kier alpha value is -2.44. The molecular formula is C14H16N4O3. The third kappa shape index (κ3) is 2.24. The number of hydrogen-bond acceptors (Lipinski definition) is 4. The lowest BCUT2D eigenvalue weighted by molar-refractivity contribution is -0.144. The number of fused-ring (bicyclic) bond motifs is 1. The number of carboxylic acid groups (broad SMARTS) is 1. The summed E-state index contributed by atoms with van der Waals surface area (Å²) in [6.45, 7) is 1.79. The second kappa shape index (κ2) is 4.83. The van der Waals surface area contributed by atoms with E-state index >= 15 is 0 Å². The van der Waals surface area contributed by atoms with E-state index in [1.54, 1.807) is 29.7 Å². The summed E-state index contributed by atoms with van der Waals surface area (Å²) >= 11 is 0. The number of aryl methyl sites for hydroxylation is 1. The molecule has 1 saturated carbocycles. The molecule has 3 rings (SSSR count). The van der Waals surface area contributed by atoms with Gasteiger partial charge >= 0.3 is 5.97 Å².